The van der Waals surface area contributed by atoms with E-state index in [1.165, 1.54) is 0 Å². The number of para-hydroxylation sites is 2. The predicted octanol–water partition coefficient (Wildman–Crippen LogP) is 5.21. The molecule has 9 heteroatoms. The quantitative estimate of drug-likeness (QED) is 0.213. The summed E-state index contributed by atoms with van der Waals surface area (Å²) in [5.41, 5.74) is 3.89. The summed E-state index contributed by atoms with van der Waals surface area (Å²) >= 11 is 3.27. The first-order chi connectivity index (χ1) is 16.5. The number of rotatable bonds is 8. The molecular weight excluding hydrogens is 486 g/mol. The van der Waals surface area contributed by atoms with Gasteiger partial charge in [-0.1, -0.05) is 47.7 Å². The number of benzene rings is 2. The number of thiazole rings is 1. The van der Waals surface area contributed by atoms with Gasteiger partial charge in [0, 0.05) is 36.1 Å². The molecule has 0 N–H and O–H groups in total. The Morgan fingerprint density at radius 1 is 1.00 bits per heavy atom. The summed E-state index contributed by atoms with van der Waals surface area (Å²) in [6.45, 7) is 0.451. The van der Waals surface area contributed by atoms with E-state index in [1.807, 2.05) is 89.1 Å². The number of aromatic nitrogens is 3. The lowest BCUT2D eigenvalue weighted by molar-refractivity contribution is -0.668. The van der Waals surface area contributed by atoms with Crippen LogP contribution in [0.4, 0.5) is 0 Å². The average Bonchev–Trinajstić information content (AvgIpc) is 3.56. The summed E-state index contributed by atoms with van der Waals surface area (Å²) in [6, 6.07) is 22.1. The van der Waals surface area contributed by atoms with Gasteiger partial charge in [0.15, 0.2) is 6.54 Å². The van der Waals surface area contributed by atoms with E-state index in [0.29, 0.717) is 6.54 Å². The molecule has 0 amide bonds. The largest absolute Gasteiger partial charge is 0.748 e. The summed E-state index contributed by atoms with van der Waals surface area (Å²) in [5, 5.41) is 7.86. The third-order valence-electron chi connectivity index (χ3n) is 5.34. The SMILES string of the molecule is O=S(=O)([O-])CCC[n+]1c(C=Cc2cn(-c3ccccc3)nc2-c2cccs2)sc2ccccc21. The van der Waals surface area contributed by atoms with Crippen LogP contribution in [0, 0.1) is 0 Å². The Labute approximate surface area is 205 Å². The van der Waals surface area contributed by atoms with Gasteiger partial charge in [0.25, 0.3) is 5.01 Å². The van der Waals surface area contributed by atoms with Crippen LogP contribution in [0.25, 0.3) is 38.6 Å². The Bertz CT molecular complexity index is 1550. The molecule has 0 saturated heterocycles. The van der Waals surface area contributed by atoms with Crippen LogP contribution in [-0.2, 0) is 16.7 Å². The van der Waals surface area contributed by atoms with Crippen molar-refractivity contribution in [1.29, 1.82) is 0 Å². The van der Waals surface area contributed by atoms with Crippen molar-refractivity contribution in [3.05, 3.63) is 88.9 Å². The van der Waals surface area contributed by atoms with Gasteiger partial charge in [-0.25, -0.2) is 13.1 Å². The number of nitrogens with zero attached hydrogens (tertiary/aromatic N) is 3. The molecule has 5 rings (SSSR count). The molecular formula is C25H21N3O3S3. The number of aryl methyl sites for hydroxylation is 1. The molecule has 0 fully saturated rings. The Morgan fingerprint density at radius 3 is 2.56 bits per heavy atom. The molecule has 0 unspecified atom stereocenters. The minimum absolute atomic E-state index is 0.268. The molecule has 3 aromatic heterocycles. The Kier molecular flexibility index (Phi) is 6.42. The van der Waals surface area contributed by atoms with Crippen LogP contribution in [0.15, 0.2) is 78.3 Å². The van der Waals surface area contributed by atoms with Crippen molar-refractivity contribution in [1.82, 2.24) is 9.78 Å². The van der Waals surface area contributed by atoms with Crippen molar-refractivity contribution in [2.45, 2.75) is 13.0 Å². The number of thiophene rings is 1. The Hall–Kier alpha value is -3.11. The summed E-state index contributed by atoms with van der Waals surface area (Å²) in [5.74, 6) is -0.375. The van der Waals surface area contributed by atoms with E-state index < -0.39 is 10.1 Å². The first-order valence-corrected chi connectivity index (χ1v) is 14.0. The average molecular weight is 508 g/mol. The summed E-state index contributed by atoms with van der Waals surface area (Å²) in [7, 11) is -4.24. The second-order valence-corrected chi connectivity index (χ2v) is 11.2. The van der Waals surface area contributed by atoms with E-state index in [1.54, 1.807) is 22.7 Å². The molecule has 172 valence electrons. The van der Waals surface area contributed by atoms with E-state index in [4.69, 9.17) is 5.10 Å². The third kappa shape index (κ3) is 5.02. The van der Waals surface area contributed by atoms with Crippen LogP contribution in [-0.4, -0.2) is 28.5 Å². The fourth-order valence-electron chi connectivity index (χ4n) is 3.80. The second-order valence-electron chi connectivity index (χ2n) is 7.70. The van der Waals surface area contributed by atoms with Crippen molar-refractivity contribution in [3.63, 3.8) is 0 Å². The summed E-state index contributed by atoms with van der Waals surface area (Å²) in [4.78, 5) is 1.08. The van der Waals surface area contributed by atoms with Crippen LogP contribution in [0.2, 0.25) is 0 Å². The highest BCUT2D eigenvalue weighted by atomic mass is 32.2. The number of fused-ring (bicyclic) bond motifs is 1. The molecule has 0 spiro atoms. The predicted molar refractivity (Wildman–Crippen MR) is 137 cm³/mol. The van der Waals surface area contributed by atoms with Crippen LogP contribution in [0.1, 0.15) is 17.0 Å². The van der Waals surface area contributed by atoms with Gasteiger partial charge >= 0.3 is 0 Å². The molecule has 34 heavy (non-hydrogen) atoms. The minimum Gasteiger partial charge on any atom is -0.748 e. The normalized spacial score (nSPS) is 12.1. The van der Waals surface area contributed by atoms with Crippen LogP contribution in [0.5, 0.6) is 0 Å². The molecule has 0 radical (unpaired) electrons. The third-order valence-corrected chi connectivity index (χ3v) is 8.13. The maximum absolute atomic E-state index is 11.1. The fourth-order valence-corrected chi connectivity index (χ4v) is 6.10. The van der Waals surface area contributed by atoms with E-state index in [9.17, 15) is 13.0 Å². The van der Waals surface area contributed by atoms with Gasteiger partial charge in [-0.05, 0) is 35.7 Å². The molecule has 2 aromatic carbocycles. The van der Waals surface area contributed by atoms with Crippen LogP contribution < -0.4 is 4.57 Å². The van der Waals surface area contributed by atoms with Gasteiger partial charge in [0.05, 0.1) is 20.7 Å². The molecule has 0 atom stereocenters. The van der Waals surface area contributed by atoms with Gasteiger partial charge in [-0.3, -0.25) is 0 Å². The molecule has 5 aromatic rings. The standard InChI is InChI=1S/C25H21N3O3S3/c29-34(30,31)17-7-15-27-21-10-4-5-11-22(21)33-24(27)14-13-19-18-28(20-8-2-1-3-9-20)26-25(19)23-12-6-16-32-23/h1-6,8-14,16,18H,7,15,17H2. The maximum Gasteiger partial charge on any atom is 0.262 e. The zero-order valence-electron chi connectivity index (χ0n) is 18.1. The lowest BCUT2D eigenvalue weighted by Crippen LogP contribution is -2.35. The monoisotopic (exact) mass is 507 g/mol. The minimum atomic E-state index is -4.24. The first-order valence-electron chi connectivity index (χ1n) is 10.7. The Morgan fingerprint density at radius 2 is 1.79 bits per heavy atom. The van der Waals surface area contributed by atoms with Crippen molar-refractivity contribution in [3.8, 4) is 16.3 Å². The molecule has 0 saturated carbocycles. The maximum atomic E-state index is 11.1. The van der Waals surface area contributed by atoms with Crippen molar-refractivity contribution < 1.29 is 17.5 Å². The molecule has 0 bridgehead atoms. The topological polar surface area (TPSA) is 78.9 Å². The van der Waals surface area contributed by atoms with Gasteiger partial charge in [-0.2, -0.15) is 9.67 Å². The molecule has 0 aliphatic rings. The molecule has 3 heterocycles. The molecule has 6 nitrogen and oxygen atoms in total. The smallest absolute Gasteiger partial charge is 0.262 e. The number of hydrogen-bond donors (Lipinski definition) is 0. The lowest BCUT2D eigenvalue weighted by Gasteiger charge is -2.04. The van der Waals surface area contributed by atoms with E-state index in [0.717, 1.165) is 37.0 Å². The van der Waals surface area contributed by atoms with Crippen LogP contribution in [0.3, 0.4) is 0 Å². The highest BCUT2D eigenvalue weighted by Crippen LogP contribution is 2.30. The first kappa shape index (κ1) is 22.7. The lowest BCUT2D eigenvalue weighted by atomic mass is 10.2. The van der Waals surface area contributed by atoms with Gasteiger partial charge < -0.3 is 4.55 Å². The second kappa shape index (κ2) is 9.63. The van der Waals surface area contributed by atoms with Crippen LogP contribution >= 0.6 is 22.7 Å². The number of hydrogen-bond acceptors (Lipinski definition) is 6. The fraction of sp³-hybridized carbons (Fsp3) is 0.120. The molecule has 0 aliphatic carbocycles. The van der Waals surface area contributed by atoms with Crippen molar-refractivity contribution in [2.24, 2.45) is 0 Å². The highest BCUT2D eigenvalue weighted by molar-refractivity contribution is 7.85. The summed E-state index contributed by atoms with van der Waals surface area (Å²) < 4.78 is 38.4. The van der Waals surface area contributed by atoms with Gasteiger partial charge in [0.1, 0.15) is 10.4 Å². The summed E-state index contributed by atoms with van der Waals surface area (Å²) in [6.07, 6.45) is 6.37. The zero-order valence-corrected chi connectivity index (χ0v) is 20.5. The van der Waals surface area contributed by atoms with E-state index in [-0.39, 0.29) is 12.2 Å². The van der Waals surface area contributed by atoms with Crippen molar-refractivity contribution >= 4 is 55.2 Å². The Balaban J connectivity index is 1.53. The van der Waals surface area contributed by atoms with E-state index in [2.05, 4.69) is 10.6 Å². The van der Waals surface area contributed by atoms with Gasteiger partial charge in [-0.15, -0.1) is 11.3 Å². The van der Waals surface area contributed by atoms with Gasteiger partial charge in [0.2, 0.25) is 5.52 Å². The zero-order chi connectivity index (χ0) is 23.5. The van der Waals surface area contributed by atoms with Crippen molar-refractivity contribution in [2.75, 3.05) is 5.75 Å². The highest BCUT2D eigenvalue weighted by Gasteiger charge is 2.19. The molecule has 0 aliphatic heterocycles. The van der Waals surface area contributed by atoms with E-state index >= 15 is 0 Å².